The molecular weight excluding hydrogens is 419 g/mol. The second-order valence-electron chi connectivity index (χ2n) is 1.86. The predicted octanol–water partition coefficient (Wildman–Crippen LogP) is 4.06. The first-order valence-electron chi connectivity index (χ1n) is 2.89. The molecule has 0 radical (unpaired) electrons. The summed E-state index contributed by atoms with van der Waals surface area (Å²) in [5.74, 6) is 0.883. The van der Waals surface area contributed by atoms with Crippen LogP contribution in [-0.4, -0.2) is 0 Å². The van der Waals surface area contributed by atoms with Gasteiger partial charge in [0.05, 0.1) is 0 Å². The quantitative estimate of drug-likeness (QED) is 0.696. The minimum atomic E-state index is -2.63. The SMILES string of the molecule is [Br][Zr]([Br])([Br])[O]c1ccccc1. The van der Waals surface area contributed by atoms with E-state index in [1.54, 1.807) is 0 Å². The normalized spacial score (nSPS) is 11.2. The molecule has 0 spiro atoms. The van der Waals surface area contributed by atoms with Crippen molar-refractivity contribution < 1.29 is 16.5 Å². The van der Waals surface area contributed by atoms with Crippen molar-refractivity contribution in [2.24, 2.45) is 0 Å². The van der Waals surface area contributed by atoms with E-state index in [0.717, 1.165) is 5.75 Å². The molecule has 0 N–H and O–H groups in total. The molecule has 1 nitrogen and oxygen atoms in total. The van der Waals surface area contributed by atoms with Gasteiger partial charge in [0.1, 0.15) is 0 Å². The van der Waals surface area contributed by atoms with Crippen molar-refractivity contribution in [3.63, 3.8) is 0 Å². The first kappa shape index (κ1) is 10.4. The Morgan fingerprint density at radius 3 is 2.00 bits per heavy atom. The Hall–Kier alpha value is 1.34. The summed E-state index contributed by atoms with van der Waals surface area (Å²) in [6, 6.07) is 9.70. The molecule has 11 heavy (non-hydrogen) atoms. The molecule has 60 valence electrons. The van der Waals surface area contributed by atoms with Crippen LogP contribution < -0.4 is 2.81 Å². The van der Waals surface area contributed by atoms with E-state index in [1.165, 1.54) is 0 Å². The fourth-order valence-electron chi connectivity index (χ4n) is 0.622. The average molecular weight is 424 g/mol. The van der Waals surface area contributed by atoms with Crippen LogP contribution in [0.3, 0.4) is 0 Å². The zero-order valence-corrected chi connectivity index (χ0v) is 12.6. The van der Waals surface area contributed by atoms with Crippen LogP contribution in [0.4, 0.5) is 0 Å². The number of para-hydroxylation sites is 1. The Kier molecular flexibility index (Phi) is 4.31. The molecule has 0 fully saturated rings. The summed E-state index contributed by atoms with van der Waals surface area (Å²) in [5, 5.41) is 0. The molecule has 0 aliphatic rings. The monoisotopic (exact) mass is 420 g/mol. The molecule has 1 rings (SSSR count). The molecule has 0 aliphatic heterocycles. The van der Waals surface area contributed by atoms with Crippen LogP contribution in [0.2, 0.25) is 0 Å². The maximum absolute atomic E-state index is 5.56. The molecule has 1 aromatic carbocycles. The molecule has 0 amide bonds. The van der Waals surface area contributed by atoms with Crippen LogP contribution >= 0.6 is 36.7 Å². The van der Waals surface area contributed by atoms with Crippen LogP contribution in [0.25, 0.3) is 0 Å². The van der Waals surface area contributed by atoms with E-state index in [1.807, 2.05) is 30.3 Å². The van der Waals surface area contributed by atoms with E-state index in [4.69, 9.17) is 2.81 Å². The Morgan fingerprint density at radius 2 is 1.55 bits per heavy atom. The van der Waals surface area contributed by atoms with Gasteiger partial charge in [0.25, 0.3) is 0 Å². The Balaban J connectivity index is 2.66. The van der Waals surface area contributed by atoms with Crippen LogP contribution in [-0.2, 0) is 13.7 Å². The van der Waals surface area contributed by atoms with E-state index < -0.39 is 13.7 Å². The third kappa shape index (κ3) is 4.81. The molecule has 0 unspecified atom stereocenters. The number of halogens is 3. The van der Waals surface area contributed by atoms with Crippen molar-refractivity contribution in [2.75, 3.05) is 0 Å². The minimum absolute atomic E-state index is 0.883. The molecule has 0 saturated heterocycles. The maximum atomic E-state index is 5.56. The van der Waals surface area contributed by atoms with Crippen LogP contribution in [0, 0.1) is 0 Å². The van der Waals surface area contributed by atoms with Gasteiger partial charge >= 0.3 is 89.2 Å². The number of hydrogen-bond acceptors (Lipinski definition) is 1. The van der Waals surface area contributed by atoms with Crippen molar-refractivity contribution in [3.05, 3.63) is 30.3 Å². The van der Waals surface area contributed by atoms with Crippen LogP contribution in [0.1, 0.15) is 0 Å². The fraction of sp³-hybridized carbons (Fsp3) is 0. The van der Waals surface area contributed by atoms with E-state index >= 15 is 0 Å². The van der Waals surface area contributed by atoms with Gasteiger partial charge in [-0.15, -0.1) is 0 Å². The summed E-state index contributed by atoms with van der Waals surface area (Å²) in [6.45, 7) is 0. The van der Waals surface area contributed by atoms with Gasteiger partial charge in [-0.1, -0.05) is 0 Å². The first-order chi connectivity index (χ1) is 5.08. The molecular formula is C6H5Br3OZr. The molecule has 0 aliphatic carbocycles. The van der Waals surface area contributed by atoms with Crippen LogP contribution in [0.15, 0.2) is 30.3 Å². The van der Waals surface area contributed by atoms with E-state index in [9.17, 15) is 0 Å². The molecule has 0 saturated carbocycles. The molecule has 0 atom stereocenters. The summed E-state index contributed by atoms with van der Waals surface area (Å²) in [6.07, 6.45) is 0. The van der Waals surface area contributed by atoms with E-state index in [2.05, 4.69) is 36.7 Å². The number of benzene rings is 1. The second-order valence-corrected chi connectivity index (χ2v) is 43.3. The van der Waals surface area contributed by atoms with Crippen molar-refractivity contribution in [1.29, 1.82) is 0 Å². The Morgan fingerprint density at radius 1 is 1.00 bits per heavy atom. The van der Waals surface area contributed by atoms with E-state index in [0.29, 0.717) is 0 Å². The standard InChI is InChI=1S/C6H6O.3BrH.Zr/c7-6-4-2-1-3-5-6;;;;/h1-5,7H;3*1H;/q;;;;+4/p-4. The first-order valence-corrected chi connectivity index (χ1v) is 20.8. The average Bonchev–Trinajstić information content (AvgIpc) is 1.85. The van der Waals surface area contributed by atoms with Gasteiger partial charge < -0.3 is 0 Å². The number of rotatable bonds is 2. The molecule has 0 bridgehead atoms. The summed E-state index contributed by atoms with van der Waals surface area (Å²) in [5.41, 5.74) is 0. The number of hydrogen-bond donors (Lipinski definition) is 0. The summed E-state index contributed by atoms with van der Waals surface area (Å²) in [7, 11) is 0. The summed E-state index contributed by atoms with van der Waals surface area (Å²) < 4.78 is 5.56. The van der Waals surface area contributed by atoms with Gasteiger partial charge in [-0.2, -0.15) is 0 Å². The van der Waals surface area contributed by atoms with Gasteiger partial charge in [-0.05, 0) is 0 Å². The van der Waals surface area contributed by atoms with Gasteiger partial charge in [-0.25, -0.2) is 0 Å². The predicted molar refractivity (Wildman–Crippen MR) is 53.9 cm³/mol. The summed E-state index contributed by atoms with van der Waals surface area (Å²) in [4.78, 5) is 0. The Bertz CT molecular complexity index is 221. The van der Waals surface area contributed by atoms with Gasteiger partial charge in [0, 0.05) is 0 Å². The Labute approximate surface area is 87.9 Å². The van der Waals surface area contributed by atoms with Gasteiger partial charge in [0.15, 0.2) is 0 Å². The van der Waals surface area contributed by atoms with Crippen molar-refractivity contribution >= 4 is 36.7 Å². The fourth-order valence-corrected chi connectivity index (χ4v) is 4.93. The summed E-state index contributed by atoms with van der Waals surface area (Å²) >= 11 is 7.68. The van der Waals surface area contributed by atoms with Crippen LogP contribution in [0.5, 0.6) is 5.75 Å². The topological polar surface area (TPSA) is 9.23 Å². The third-order valence-electron chi connectivity index (χ3n) is 0.977. The van der Waals surface area contributed by atoms with Crippen molar-refractivity contribution in [1.82, 2.24) is 0 Å². The second kappa shape index (κ2) is 4.54. The molecule has 0 aromatic heterocycles. The molecule has 5 heteroatoms. The van der Waals surface area contributed by atoms with Crippen molar-refractivity contribution in [2.45, 2.75) is 0 Å². The van der Waals surface area contributed by atoms with Gasteiger partial charge in [-0.3, -0.25) is 0 Å². The zero-order chi connectivity index (χ0) is 8.32. The van der Waals surface area contributed by atoms with E-state index in [-0.39, 0.29) is 0 Å². The molecule has 1 aromatic rings. The zero-order valence-electron chi connectivity index (χ0n) is 5.43. The third-order valence-corrected chi connectivity index (χ3v) is 5.00. The van der Waals surface area contributed by atoms with Crippen molar-refractivity contribution in [3.8, 4) is 5.75 Å². The van der Waals surface area contributed by atoms with Gasteiger partial charge in [0.2, 0.25) is 0 Å². The molecule has 0 heterocycles.